The first-order valence-electron chi connectivity index (χ1n) is 11.4. The summed E-state index contributed by atoms with van der Waals surface area (Å²) in [7, 11) is 0. The van der Waals surface area contributed by atoms with Gasteiger partial charge in [-0.05, 0) is 53.4 Å². The third kappa shape index (κ3) is 4.57. The second-order valence-corrected chi connectivity index (χ2v) is 8.91. The number of pyridine rings is 1. The molecule has 5 rings (SSSR count). The Hall–Kier alpha value is -3.90. The predicted octanol–water partition coefficient (Wildman–Crippen LogP) is 3.04. The molecule has 0 spiro atoms. The Balaban J connectivity index is 1.37. The average molecular weight is 475 g/mol. The number of benzene rings is 2. The SMILES string of the molecule is N#C[C@@H]1CC(F)(F)CN1C(=O)CNC(=O)c1ccnc2ccc(-c3ccc4c(c3)CCNC4)cc12. The minimum Gasteiger partial charge on any atom is -0.343 e. The molecule has 1 saturated heterocycles. The summed E-state index contributed by atoms with van der Waals surface area (Å²) in [5.74, 6) is -4.34. The lowest BCUT2D eigenvalue weighted by atomic mass is 9.94. The fourth-order valence-electron chi connectivity index (χ4n) is 4.73. The number of rotatable bonds is 4. The molecule has 2 aromatic carbocycles. The van der Waals surface area contributed by atoms with Gasteiger partial charge in [-0.2, -0.15) is 5.26 Å². The predicted molar refractivity (Wildman–Crippen MR) is 126 cm³/mol. The van der Waals surface area contributed by atoms with Crippen LogP contribution in [0.2, 0.25) is 0 Å². The van der Waals surface area contributed by atoms with Gasteiger partial charge in [0.1, 0.15) is 6.04 Å². The van der Waals surface area contributed by atoms with E-state index in [9.17, 15) is 18.4 Å². The minimum atomic E-state index is -3.11. The van der Waals surface area contributed by atoms with E-state index in [2.05, 4.69) is 33.8 Å². The van der Waals surface area contributed by atoms with Crippen molar-refractivity contribution in [1.29, 1.82) is 5.26 Å². The maximum absolute atomic E-state index is 13.7. The molecule has 9 heteroatoms. The van der Waals surface area contributed by atoms with Crippen molar-refractivity contribution >= 4 is 22.7 Å². The first-order valence-corrected chi connectivity index (χ1v) is 11.4. The third-order valence-electron chi connectivity index (χ3n) is 6.55. The van der Waals surface area contributed by atoms with E-state index in [1.165, 1.54) is 17.3 Å². The molecule has 178 valence electrons. The largest absolute Gasteiger partial charge is 0.343 e. The zero-order chi connectivity index (χ0) is 24.6. The van der Waals surface area contributed by atoms with Crippen LogP contribution in [0, 0.1) is 11.3 Å². The van der Waals surface area contributed by atoms with Crippen LogP contribution < -0.4 is 10.6 Å². The lowest BCUT2D eigenvalue weighted by Gasteiger charge is -2.19. The number of alkyl halides is 2. The lowest BCUT2D eigenvalue weighted by molar-refractivity contribution is -0.131. The highest BCUT2D eigenvalue weighted by molar-refractivity contribution is 6.07. The number of fused-ring (bicyclic) bond motifs is 2. The molecule has 1 fully saturated rings. The van der Waals surface area contributed by atoms with Gasteiger partial charge in [-0.3, -0.25) is 14.6 Å². The van der Waals surface area contributed by atoms with Gasteiger partial charge in [-0.1, -0.05) is 24.3 Å². The smallest absolute Gasteiger partial charge is 0.268 e. The first-order chi connectivity index (χ1) is 16.8. The molecular weight excluding hydrogens is 452 g/mol. The molecule has 35 heavy (non-hydrogen) atoms. The number of hydrogen-bond acceptors (Lipinski definition) is 5. The van der Waals surface area contributed by atoms with Crippen molar-refractivity contribution in [2.45, 2.75) is 31.4 Å². The number of likely N-dealkylation sites (tertiary alicyclic amines) is 1. The summed E-state index contributed by atoms with van der Waals surface area (Å²) < 4.78 is 27.3. The second kappa shape index (κ2) is 9.04. The fourth-order valence-corrected chi connectivity index (χ4v) is 4.73. The van der Waals surface area contributed by atoms with Crippen molar-refractivity contribution in [3.8, 4) is 17.2 Å². The molecule has 3 aromatic rings. The van der Waals surface area contributed by atoms with E-state index in [4.69, 9.17) is 5.26 Å². The number of aromatic nitrogens is 1. The van der Waals surface area contributed by atoms with Gasteiger partial charge >= 0.3 is 0 Å². The highest BCUT2D eigenvalue weighted by Crippen LogP contribution is 2.32. The molecule has 0 bridgehead atoms. The summed E-state index contributed by atoms with van der Waals surface area (Å²) in [5, 5.41) is 15.6. The molecule has 3 heterocycles. The van der Waals surface area contributed by atoms with Gasteiger partial charge in [0.25, 0.3) is 11.8 Å². The Labute approximate surface area is 200 Å². The van der Waals surface area contributed by atoms with Gasteiger partial charge in [0.2, 0.25) is 5.91 Å². The van der Waals surface area contributed by atoms with Crippen LogP contribution >= 0.6 is 0 Å². The standard InChI is InChI=1S/C26H23F2N5O2/c27-26(28)11-20(12-29)33(15-26)24(34)14-32-25(35)21-6-8-31-23-4-3-17(10-22(21)23)16-1-2-19-13-30-7-5-18(19)9-16/h1-4,6,8-10,20,30H,5,7,11,13-15H2,(H,32,35)/t20-/m0/s1. The normalized spacial score (nSPS) is 18.7. The van der Waals surface area contributed by atoms with Gasteiger partial charge in [0.15, 0.2) is 0 Å². The molecule has 0 saturated carbocycles. The Morgan fingerprint density at radius 2 is 1.97 bits per heavy atom. The second-order valence-electron chi connectivity index (χ2n) is 8.91. The van der Waals surface area contributed by atoms with Crippen LogP contribution in [0.3, 0.4) is 0 Å². The van der Waals surface area contributed by atoms with E-state index < -0.39 is 43.3 Å². The summed E-state index contributed by atoms with van der Waals surface area (Å²) in [6.07, 6.45) is 1.77. The Kier molecular flexibility index (Phi) is 5.91. The van der Waals surface area contributed by atoms with Crippen molar-refractivity contribution in [3.63, 3.8) is 0 Å². The highest BCUT2D eigenvalue weighted by atomic mass is 19.3. The van der Waals surface area contributed by atoms with Gasteiger partial charge in [0, 0.05) is 24.5 Å². The van der Waals surface area contributed by atoms with Crippen LogP contribution in [0.25, 0.3) is 22.0 Å². The summed E-state index contributed by atoms with van der Waals surface area (Å²) in [6, 6.07) is 14.1. The molecule has 2 amide bonds. The number of nitriles is 1. The molecular formula is C26H23F2N5O2. The number of nitrogens with one attached hydrogen (secondary N) is 2. The van der Waals surface area contributed by atoms with E-state index in [0.29, 0.717) is 16.5 Å². The average Bonchev–Trinajstić information content (AvgIpc) is 3.20. The molecule has 0 aliphatic carbocycles. The summed E-state index contributed by atoms with van der Waals surface area (Å²) >= 11 is 0. The quantitative estimate of drug-likeness (QED) is 0.605. The van der Waals surface area contributed by atoms with Crippen LogP contribution in [0.1, 0.15) is 27.9 Å². The van der Waals surface area contributed by atoms with E-state index in [1.807, 2.05) is 18.2 Å². The maximum Gasteiger partial charge on any atom is 0.268 e. The number of carbonyl (C=O) groups is 2. The van der Waals surface area contributed by atoms with E-state index in [1.54, 1.807) is 12.1 Å². The van der Waals surface area contributed by atoms with Crippen LogP contribution in [-0.2, 0) is 17.8 Å². The summed E-state index contributed by atoms with van der Waals surface area (Å²) in [6.45, 7) is 0.490. The summed E-state index contributed by atoms with van der Waals surface area (Å²) in [4.78, 5) is 30.6. The first kappa shape index (κ1) is 22.9. The van der Waals surface area contributed by atoms with Gasteiger partial charge in [-0.25, -0.2) is 8.78 Å². The molecule has 7 nitrogen and oxygen atoms in total. The molecule has 2 aliphatic heterocycles. The zero-order valence-electron chi connectivity index (χ0n) is 18.9. The Morgan fingerprint density at radius 1 is 1.17 bits per heavy atom. The van der Waals surface area contributed by atoms with Crippen molar-refractivity contribution < 1.29 is 18.4 Å². The topological polar surface area (TPSA) is 98.1 Å². The molecule has 1 aromatic heterocycles. The van der Waals surface area contributed by atoms with Gasteiger partial charge in [0.05, 0.1) is 30.2 Å². The maximum atomic E-state index is 13.7. The van der Waals surface area contributed by atoms with E-state index >= 15 is 0 Å². The number of hydrogen-bond donors (Lipinski definition) is 2. The van der Waals surface area contributed by atoms with Crippen LogP contribution in [0.15, 0.2) is 48.7 Å². The monoisotopic (exact) mass is 475 g/mol. The molecule has 2 aliphatic rings. The molecule has 0 unspecified atom stereocenters. The highest BCUT2D eigenvalue weighted by Gasteiger charge is 2.47. The van der Waals surface area contributed by atoms with Crippen LogP contribution in [0.5, 0.6) is 0 Å². The van der Waals surface area contributed by atoms with Gasteiger partial charge in [-0.15, -0.1) is 0 Å². The van der Waals surface area contributed by atoms with Crippen molar-refractivity contribution in [2.75, 3.05) is 19.6 Å². The Bertz CT molecular complexity index is 1370. The molecule has 1 atom stereocenters. The molecule has 2 N–H and O–H groups in total. The fraction of sp³-hybridized carbons (Fsp3) is 0.308. The minimum absolute atomic E-state index is 0.329. The number of halogens is 2. The van der Waals surface area contributed by atoms with E-state index in [0.717, 1.165) is 35.5 Å². The van der Waals surface area contributed by atoms with E-state index in [-0.39, 0.29) is 0 Å². The van der Waals surface area contributed by atoms with Gasteiger partial charge < -0.3 is 15.5 Å². The van der Waals surface area contributed by atoms with Crippen molar-refractivity contribution in [3.05, 3.63) is 65.4 Å². The molecule has 0 radical (unpaired) electrons. The lowest BCUT2D eigenvalue weighted by Crippen LogP contribution is -2.43. The number of amides is 2. The zero-order valence-corrected chi connectivity index (χ0v) is 18.9. The number of carbonyl (C=O) groups excluding carboxylic acids is 2. The summed E-state index contributed by atoms with van der Waals surface area (Å²) in [5.41, 5.74) is 5.51. The third-order valence-corrected chi connectivity index (χ3v) is 6.55. The van der Waals surface area contributed by atoms with Crippen molar-refractivity contribution in [1.82, 2.24) is 20.5 Å². The Morgan fingerprint density at radius 3 is 2.80 bits per heavy atom. The van der Waals surface area contributed by atoms with Crippen molar-refractivity contribution in [2.24, 2.45) is 0 Å². The van der Waals surface area contributed by atoms with Crippen LogP contribution in [-0.4, -0.2) is 53.3 Å². The van der Waals surface area contributed by atoms with Crippen LogP contribution in [0.4, 0.5) is 8.78 Å². The number of nitrogens with zero attached hydrogens (tertiary/aromatic N) is 3.